The van der Waals surface area contributed by atoms with Gasteiger partial charge in [0, 0.05) is 5.75 Å². The number of aliphatic carboxylic acids is 1. The summed E-state index contributed by atoms with van der Waals surface area (Å²) in [6.45, 7) is 0.504. The molecule has 3 nitrogen and oxygen atoms in total. The van der Waals surface area contributed by atoms with Gasteiger partial charge >= 0.3 is 5.97 Å². The Balaban J connectivity index is 2.50. The van der Waals surface area contributed by atoms with Gasteiger partial charge in [-0.1, -0.05) is 0 Å². The van der Waals surface area contributed by atoms with E-state index in [2.05, 4.69) is 0 Å². The van der Waals surface area contributed by atoms with Gasteiger partial charge in [-0.15, -0.1) is 0 Å². The van der Waals surface area contributed by atoms with E-state index in [-0.39, 0.29) is 11.8 Å². The average Bonchev–Trinajstić information content (AvgIpc) is 2.33. The van der Waals surface area contributed by atoms with Gasteiger partial charge in [-0.3, -0.25) is 4.79 Å². The standard InChI is InChI=1S/C6H11NO2S/c7-1-4-2-10-3-5(4)6(8)9/h4-5H,1-3,7H2,(H,8,9). The first-order valence-corrected chi connectivity index (χ1v) is 4.41. The van der Waals surface area contributed by atoms with E-state index in [1.165, 1.54) is 0 Å². The first-order chi connectivity index (χ1) is 4.75. The Bertz CT molecular complexity index is 140. The van der Waals surface area contributed by atoms with E-state index < -0.39 is 5.97 Å². The van der Waals surface area contributed by atoms with E-state index in [9.17, 15) is 4.79 Å². The minimum Gasteiger partial charge on any atom is -0.481 e. The molecular formula is C6H11NO2S. The highest BCUT2D eigenvalue weighted by atomic mass is 32.2. The molecule has 0 aromatic rings. The molecule has 1 fully saturated rings. The van der Waals surface area contributed by atoms with Crippen LogP contribution in [0.5, 0.6) is 0 Å². The second-order valence-corrected chi connectivity index (χ2v) is 3.55. The normalized spacial score (nSPS) is 32.5. The molecule has 1 aliphatic heterocycles. The predicted molar refractivity (Wildman–Crippen MR) is 41.0 cm³/mol. The zero-order chi connectivity index (χ0) is 7.56. The van der Waals surface area contributed by atoms with E-state index >= 15 is 0 Å². The van der Waals surface area contributed by atoms with Crippen LogP contribution in [0.2, 0.25) is 0 Å². The van der Waals surface area contributed by atoms with Gasteiger partial charge in [-0.25, -0.2) is 0 Å². The monoisotopic (exact) mass is 161 g/mol. The fourth-order valence-corrected chi connectivity index (χ4v) is 2.58. The molecule has 0 amide bonds. The molecule has 2 atom stereocenters. The molecule has 1 saturated heterocycles. The predicted octanol–water partition coefficient (Wildman–Crippen LogP) is 0.00890. The maximum absolute atomic E-state index is 10.5. The number of hydrogen-bond donors (Lipinski definition) is 2. The van der Waals surface area contributed by atoms with Crippen LogP contribution in [0.15, 0.2) is 0 Å². The van der Waals surface area contributed by atoms with Crippen molar-refractivity contribution in [3.63, 3.8) is 0 Å². The number of thioether (sulfide) groups is 1. The summed E-state index contributed by atoms with van der Waals surface area (Å²) in [5, 5.41) is 8.65. The van der Waals surface area contributed by atoms with Crippen LogP contribution in [0.25, 0.3) is 0 Å². The number of hydrogen-bond acceptors (Lipinski definition) is 3. The van der Waals surface area contributed by atoms with Gasteiger partial charge in [0.2, 0.25) is 0 Å². The second-order valence-electron chi connectivity index (χ2n) is 2.48. The Labute approximate surface area is 64.0 Å². The number of carboxylic acids is 1. The third kappa shape index (κ3) is 1.44. The molecule has 4 heteroatoms. The molecule has 58 valence electrons. The van der Waals surface area contributed by atoms with Crippen molar-refractivity contribution in [1.29, 1.82) is 0 Å². The van der Waals surface area contributed by atoms with Crippen LogP contribution in [0.3, 0.4) is 0 Å². The zero-order valence-electron chi connectivity index (χ0n) is 5.62. The maximum Gasteiger partial charge on any atom is 0.307 e. The van der Waals surface area contributed by atoms with Gasteiger partial charge in [0.15, 0.2) is 0 Å². The summed E-state index contributed by atoms with van der Waals surface area (Å²) in [6, 6.07) is 0. The van der Waals surface area contributed by atoms with E-state index in [1.54, 1.807) is 11.8 Å². The first kappa shape index (κ1) is 7.88. The van der Waals surface area contributed by atoms with Crippen LogP contribution in [0, 0.1) is 11.8 Å². The molecule has 0 aromatic carbocycles. The van der Waals surface area contributed by atoms with Gasteiger partial charge in [0.25, 0.3) is 0 Å². The molecule has 1 aliphatic rings. The topological polar surface area (TPSA) is 63.3 Å². The molecule has 0 saturated carbocycles. The van der Waals surface area contributed by atoms with Gasteiger partial charge in [0.05, 0.1) is 5.92 Å². The van der Waals surface area contributed by atoms with Crippen molar-refractivity contribution >= 4 is 17.7 Å². The van der Waals surface area contributed by atoms with Crippen molar-refractivity contribution < 1.29 is 9.90 Å². The van der Waals surface area contributed by atoms with E-state index in [0.717, 1.165) is 11.5 Å². The van der Waals surface area contributed by atoms with Crippen LogP contribution in [-0.4, -0.2) is 29.1 Å². The van der Waals surface area contributed by atoms with Gasteiger partial charge < -0.3 is 10.8 Å². The highest BCUT2D eigenvalue weighted by Crippen LogP contribution is 2.28. The molecule has 1 rings (SSSR count). The Morgan fingerprint density at radius 1 is 1.70 bits per heavy atom. The Kier molecular flexibility index (Phi) is 2.56. The van der Waals surface area contributed by atoms with Gasteiger partial charge in [-0.05, 0) is 18.2 Å². The molecule has 0 radical (unpaired) electrons. The van der Waals surface area contributed by atoms with Crippen molar-refractivity contribution in [2.75, 3.05) is 18.1 Å². The largest absolute Gasteiger partial charge is 0.481 e. The van der Waals surface area contributed by atoms with Gasteiger partial charge in [0.1, 0.15) is 0 Å². The van der Waals surface area contributed by atoms with Crippen LogP contribution in [0.1, 0.15) is 0 Å². The van der Waals surface area contributed by atoms with Crippen LogP contribution in [0.4, 0.5) is 0 Å². The lowest BCUT2D eigenvalue weighted by atomic mass is 9.97. The second kappa shape index (κ2) is 3.25. The molecular weight excluding hydrogens is 150 g/mol. The van der Waals surface area contributed by atoms with E-state index in [0.29, 0.717) is 6.54 Å². The minimum absolute atomic E-state index is 0.197. The lowest BCUT2D eigenvalue weighted by molar-refractivity contribution is -0.142. The summed E-state index contributed by atoms with van der Waals surface area (Å²) in [5.41, 5.74) is 5.39. The van der Waals surface area contributed by atoms with Crippen molar-refractivity contribution in [3.05, 3.63) is 0 Å². The molecule has 0 aliphatic carbocycles. The Morgan fingerprint density at radius 2 is 2.40 bits per heavy atom. The number of nitrogens with two attached hydrogens (primary N) is 1. The Morgan fingerprint density at radius 3 is 2.80 bits per heavy atom. The van der Waals surface area contributed by atoms with E-state index in [4.69, 9.17) is 10.8 Å². The first-order valence-electron chi connectivity index (χ1n) is 3.26. The quantitative estimate of drug-likeness (QED) is 0.599. The maximum atomic E-state index is 10.5. The molecule has 0 bridgehead atoms. The third-order valence-corrected chi connectivity index (χ3v) is 3.08. The molecule has 0 aromatic heterocycles. The van der Waals surface area contributed by atoms with Gasteiger partial charge in [-0.2, -0.15) is 11.8 Å². The lowest BCUT2D eigenvalue weighted by Gasteiger charge is -2.10. The molecule has 0 spiro atoms. The summed E-state index contributed by atoms with van der Waals surface area (Å²) in [7, 11) is 0. The van der Waals surface area contributed by atoms with Crippen LogP contribution >= 0.6 is 11.8 Å². The molecule has 10 heavy (non-hydrogen) atoms. The summed E-state index contributed by atoms with van der Waals surface area (Å²) in [6.07, 6.45) is 0. The Hall–Kier alpha value is -0.220. The summed E-state index contributed by atoms with van der Waals surface area (Å²) in [4.78, 5) is 10.5. The average molecular weight is 161 g/mol. The molecule has 1 heterocycles. The molecule has 2 unspecified atom stereocenters. The van der Waals surface area contributed by atoms with Crippen molar-refractivity contribution in [2.45, 2.75) is 0 Å². The van der Waals surface area contributed by atoms with E-state index in [1.807, 2.05) is 0 Å². The van der Waals surface area contributed by atoms with Crippen LogP contribution < -0.4 is 5.73 Å². The number of carbonyl (C=O) groups is 1. The third-order valence-electron chi connectivity index (χ3n) is 1.82. The van der Waals surface area contributed by atoms with Crippen molar-refractivity contribution in [3.8, 4) is 0 Å². The summed E-state index contributed by atoms with van der Waals surface area (Å²) in [5.74, 6) is 0.947. The fraction of sp³-hybridized carbons (Fsp3) is 0.833. The zero-order valence-corrected chi connectivity index (χ0v) is 6.43. The highest BCUT2D eigenvalue weighted by Gasteiger charge is 2.31. The van der Waals surface area contributed by atoms with Crippen molar-refractivity contribution in [1.82, 2.24) is 0 Å². The smallest absolute Gasteiger partial charge is 0.307 e. The molecule has 3 N–H and O–H groups in total. The minimum atomic E-state index is -0.694. The fourth-order valence-electron chi connectivity index (χ4n) is 1.10. The SMILES string of the molecule is NCC1CSCC1C(=O)O. The summed E-state index contributed by atoms with van der Waals surface area (Å²) < 4.78 is 0. The number of rotatable bonds is 2. The van der Waals surface area contributed by atoms with Crippen LogP contribution in [-0.2, 0) is 4.79 Å². The summed E-state index contributed by atoms with van der Waals surface area (Å²) >= 11 is 1.68. The lowest BCUT2D eigenvalue weighted by Crippen LogP contribution is -2.27. The number of carboxylic acid groups (broad SMARTS) is 1. The van der Waals surface area contributed by atoms with Crippen molar-refractivity contribution in [2.24, 2.45) is 17.6 Å². The highest BCUT2D eigenvalue weighted by molar-refractivity contribution is 7.99.